The maximum absolute atomic E-state index is 12.9. The number of nitrogens with zero attached hydrogens (tertiary/aromatic N) is 2. The second kappa shape index (κ2) is 8.45. The Kier molecular flexibility index (Phi) is 6.14. The van der Waals surface area contributed by atoms with Gasteiger partial charge < -0.3 is 20.9 Å². The van der Waals surface area contributed by atoms with Crippen molar-refractivity contribution in [2.75, 3.05) is 25.0 Å². The SMILES string of the molecule is CC(C)(C)N1CC(C(=O)N2CCC(C(=O)Nc3ccc(C(N)=O)cc3)CC2)CC1=O. The van der Waals surface area contributed by atoms with Gasteiger partial charge in [-0.15, -0.1) is 0 Å². The molecule has 3 rings (SSSR count). The quantitative estimate of drug-likeness (QED) is 0.779. The van der Waals surface area contributed by atoms with Crippen molar-refractivity contribution in [3.8, 4) is 0 Å². The van der Waals surface area contributed by atoms with Crippen LogP contribution in [0.15, 0.2) is 24.3 Å². The Balaban J connectivity index is 1.50. The normalized spacial score (nSPS) is 20.4. The Morgan fingerprint density at radius 3 is 2.13 bits per heavy atom. The zero-order valence-electron chi connectivity index (χ0n) is 17.8. The van der Waals surface area contributed by atoms with Gasteiger partial charge in [0.05, 0.1) is 5.92 Å². The van der Waals surface area contributed by atoms with Crippen molar-refractivity contribution in [1.82, 2.24) is 9.80 Å². The van der Waals surface area contributed by atoms with Crippen LogP contribution in [0.1, 0.15) is 50.4 Å². The van der Waals surface area contributed by atoms with Crippen LogP contribution in [0.25, 0.3) is 0 Å². The molecule has 8 nitrogen and oxygen atoms in total. The number of hydrogen-bond acceptors (Lipinski definition) is 4. The molecule has 162 valence electrons. The van der Waals surface area contributed by atoms with E-state index < -0.39 is 5.91 Å². The second-order valence-corrected chi connectivity index (χ2v) is 9.11. The minimum atomic E-state index is -0.514. The highest BCUT2D eigenvalue weighted by Gasteiger charge is 2.41. The highest BCUT2D eigenvalue weighted by molar-refractivity contribution is 5.95. The zero-order chi connectivity index (χ0) is 22.1. The number of likely N-dealkylation sites (tertiary alicyclic amines) is 2. The summed E-state index contributed by atoms with van der Waals surface area (Å²) in [7, 11) is 0. The number of piperidine rings is 1. The minimum Gasteiger partial charge on any atom is -0.366 e. The Labute approximate surface area is 176 Å². The Morgan fingerprint density at radius 2 is 1.63 bits per heavy atom. The van der Waals surface area contributed by atoms with Crippen molar-refractivity contribution in [3.63, 3.8) is 0 Å². The molecule has 2 saturated heterocycles. The molecule has 0 spiro atoms. The predicted molar refractivity (Wildman–Crippen MR) is 112 cm³/mol. The average molecular weight is 415 g/mol. The third kappa shape index (κ3) is 4.80. The van der Waals surface area contributed by atoms with Crippen LogP contribution >= 0.6 is 0 Å². The molecule has 2 fully saturated rings. The molecular formula is C22H30N4O4. The van der Waals surface area contributed by atoms with Gasteiger partial charge in [-0.3, -0.25) is 19.2 Å². The van der Waals surface area contributed by atoms with Gasteiger partial charge in [-0.25, -0.2) is 0 Å². The van der Waals surface area contributed by atoms with Gasteiger partial charge in [0.25, 0.3) is 0 Å². The summed E-state index contributed by atoms with van der Waals surface area (Å²) >= 11 is 0. The molecule has 2 heterocycles. The summed E-state index contributed by atoms with van der Waals surface area (Å²) < 4.78 is 0. The number of anilines is 1. The summed E-state index contributed by atoms with van der Waals surface area (Å²) in [5.41, 5.74) is 5.93. The van der Waals surface area contributed by atoms with Crippen molar-refractivity contribution in [2.45, 2.75) is 45.6 Å². The monoisotopic (exact) mass is 414 g/mol. The van der Waals surface area contributed by atoms with Crippen molar-refractivity contribution >= 4 is 29.3 Å². The number of nitrogens with one attached hydrogen (secondary N) is 1. The molecule has 2 aliphatic rings. The first-order valence-electron chi connectivity index (χ1n) is 10.4. The van der Waals surface area contributed by atoms with E-state index in [9.17, 15) is 19.2 Å². The van der Waals surface area contributed by atoms with Crippen molar-refractivity contribution in [1.29, 1.82) is 0 Å². The van der Waals surface area contributed by atoms with Crippen LogP contribution in [0.4, 0.5) is 5.69 Å². The van der Waals surface area contributed by atoms with Gasteiger partial charge in [-0.05, 0) is 57.9 Å². The summed E-state index contributed by atoms with van der Waals surface area (Å²) in [6.45, 7) is 7.41. The maximum Gasteiger partial charge on any atom is 0.248 e. The van der Waals surface area contributed by atoms with E-state index in [-0.39, 0.29) is 41.5 Å². The van der Waals surface area contributed by atoms with E-state index in [1.54, 1.807) is 34.1 Å². The lowest BCUT2D eigenvalue weighted by Gasteiger charge is -2.34. The largest absolute Gasteiger partial charge is 0.366 e. The van der Waals surface area contributed by atoms with Gasteiger partial charge in [-0.2, -0.15) is 0 Å². The van der Waals surface area contributed by atoms with Crippen LogP contribution in [0.3, 0.4) is 0 Å². The van der Waals surface area contributed by atoms with E-state index in [0.717, 1.165) is 0 Å². The summed E-state index contributed by atoms with van der Waals surface area (Å²) in [4.78, 5) is 52.4. The number of benzene rings is 1. The van der Waals surface area contributed by atoms with E-state index >= 15 is 0 Å². The fourth-order valence-corrected chi connectivity index (χ4v) is 4.10. The first-order chi connectivity index (χ1) is 14.1. The van der Waals surface area contributed by atoms with E-state index in [1.807, 2.05) is 20.8 Å². The smallest absolute Gasteiger partial charge is 0.248 e. The van der Waals surface area contributed by atoms with Gasteiger partial charge in [-0.1, -0.05) is 0 Å². The van der Waals surface area contributed by atoms with E-state index in [0.29, 0.717) is 43.7 Å². The Morgan fingerprint density at radius 1 is 1.03 bits per heavy atom. The minimum absolute atomic E-state index is 0.0102. The Hall–Kier alpha value is -2.90. The fourth-order valence-electron chi connectivity index (χ4n) is 4.10. The molecular weight excluding hydrogens is 384 g/mol. The predicted octanol–water partition coefficient (Wildman–Crippen LogP) is 1.61. The molecule has 8 heteroatoms. The van der Waals surface area contributed by atoms with Crippen LogP contribution in [-0.2, 0) is 14.4 Å². The third-order valence-electron chi connectivity index (χ3n) is 5.90. The standard InChI is InChI=1S/C22H30N4O4/c1-22(2,3)26-13-16(12-18(26)27)21(30)25-10-8-15(9-11-25)20(29)24-17-6-4-14(5-7-17)19(23)28/h4-7,15-16H,8-13H2,1-3H3,(H2,23,28)(H,24,29). The third-order valence-corrected chi connectivity index (χ3v) is 5.90. The molecule has 0 radical (unpaired) electrons. The molecule has 3 N–H and O–H groups in total. The number of carbonyl (C=O) groups excluding carboxylic acids is 4. The zero-order valence-corrected chi connectivity index (χ0v) is 17.8. The molecule has 0 bridgehead atoms. The molecule has 1 aromatic carbocycles. The average Bonchev–Trinajstić information content (AvgIpc) is 3.10. The van der Waals surface area contributed by atoms with Crippen molar-refractivity contribution < 1.29 is 19.2 Å². The number of nitrogens with two attached hydrogens (primary N) is 1. The van der Waals surface area contributed by atoms with Crippen molar-refractivity contribution in [3.05, 3.63) is 29.8 Å². The first-order valence-corrected chi connectivity index (χ1v) is 10.4. The summed E-state index contributed by atoms with van der Waals surface area (Å²) in [5, 5.41) is 2.86. The summed E-state index contributed by atoms with van der Waals surface area (Å²) in [6.07, 6.45) is 1.43. The topological polar surface area (TPSA) is 113 Å². The number of primary amides is 1. The van der Waals surface area contributed by atoms with Crippen molar-refractivity contribution in [2.24, 2.45) is 17.6 Å². The van der Waals surface area contributed by atoms with E-state index in [1.165, 1.54) is 0 Å². The molecule has 4 amide bonds. The molecule has 1 unspecified atom stereocenters. The number of carbonyl (C=O) groups is 4. The fraction of sp³-hybridized carbons (Fsp3) is 0.545. The number of rotatable bonds is 4. The van der Waals surface area contributed by atoms with Crippen LogP contribution in [-0.4, -0.2) is 58.6 Å². The summed E-state index contributed by atoms with van der Waals surface area (Å²) in [5.74, 6) is -1.05. The molecule has 30 heavy (non-hydrogen) atoms. The van der Waals surface area contributed by atoms with Crippen LogP contribution in [0, 0.1) is 11.8 Å². The van der Waals surface area contributed by atoms with Gasteiger partial charge in [0, 0.05) is 48.8 Å². The van der Waals surface area contributed by atoms with E-state index in [2.05, 4.69) is 5.32 Å². The number of hydrogen-bond donors (Lipinski definition) is 2. The molecule has 2 aliphatic heterocycles. The lowest BCUT2D eigenvalue weighted by Crippen LogP contribution is -2.46. The lowest BCUT2D eigenvalue weighted by atomic mass is 9.94. The van der Waals surface area contributed by atoms with Crippen LogP contribution in [0.2, 0.25) is 0 Å². The Bertz CT molecular complexity index is 836. The van der Waals surface area contributed by atoms with E-state index in [4.69, 9.17) is 5.73 Å². The highest BCUT2D eigenvalue weighted by atomic mass is 16.2. The van der Waals surface area contributed by atoms with Gasteiger partial charge in [0.2, 0.25) is 23.6 Å². The van der Waals surface area contributed by atoms with Crippen LogP contribution < -0.4 is 11.1 Å². The lowest BCUT2D eigenvalue weighted by molar-refractivity contribution is -0.138. The second-order valence-electron chi connectivity index (χ2n) is 9.11. The van der Waals surface area contributed by atoms with Gasteiger partial charge in [0.1, 0.15) is 0 Å². The highest BCUT2D eigenvalue weighted by Crippen LogP contribution is 2.29. The molecule has 1 atom stereocenters. The molecule has 0 saturated carbocycles. The molecule has 0 aromatic heterocycles. The molecule has 1 aromatic rings. The van der Waals surface area contributed by atoms with Gasteiger partial charge in [0.15, 0.2) is 0 Å². The van der Waals surface area contributed by atoms with Crippen LogP contribution in [0.5, 0.6) is 0 Å². The molecule has 0 aliphatic carbocycles. The first kappa shape index (κ1) is 21.8. The van der Waals surface area contributed by atoms with Gasteiger partial charge >= 0.3 is 0 Å². The summed E-state index contributed by atoms with van der Waals surface area (Å²) in [6, 6.07) is 6.44. The maximum atomic E-state index is 12.9. The number of amides is 4.